The van der Waals surface area contributed by atoms with E-state index in [-0.39, 0.29) is 11.1 Å². The summed E-state index contributed by atoms with van der Waals surface area (Å²) in [6.45, 7) is 2.12. The summed E-state index contributed by atoms with van der Waals surface area (Å²) >= 11 is 0. The first-order chi connectivity index (χ1) is 28.6. The van der Waals surface area contributed by atoms with Gasteiger partial charge in [-0.25, -0.2) is 9.97 Å². The standard InChI is InChI=1S/C48H40N6O4/c55-47-37-19-11-23-41-43(37)51-45-35-17-3-5-21-39(35)49-48(56)38-20-12-24-42-44(38)52-46(36-18-4-6-22-40(36)50-47)54(42)30-32-14-10-16-34(28-32)58-26-8-2-1-7-25-57-33-15-9-13-31(27-33)29-53(41)45/h3-6,9-24,27-28H,1-2,7-8,25-26,29-30H2,(H,49,56)(H,50,55). The first kappa shape index (κ1) is 35.2. The molecule has 6 aromatic carbocycles. The Morgan fingerprint density at radius 2 is 0.897 bits per heavy atom. The maximum atomic E-state index is 14.5. The minimum atomic E-state index is -0.298. The largest absolute Gasteiger partial charge is 0.494 e. The van der Waals surface area contributed by atoms with Crippen molar-refractivity contribution in [2.24, 2.45) is 0 Å². The second-order valence-corrected chi connectivity index (χ2v) is 14.8. The molecule has 0 atom stereocenters. The second-order valence-electron chi connectivity index (χ2n) is 14.8. The molecule has 2 aliphatic rings. The Morgan fingerprint density at radius 1 is 0.466 bits per heavy atom. The molecule has 0 radical (unpaired) electrons. The summed E-state index contributed by atoms with van der Waals surface area (Å²) < 4.78 is 16.7. The highest BCUT2D eigenvalue weighted by Gasteiger charge is 2.16. The third-order valence-electron chi connectivity index (χ3n) is 10.9. The molecule has 58 heavy (non-hydrogen) atoms. The van der Waals surface area contributed by atoms with Crippen LogP contribution in [0, 0.1) is 0 Å². The molecule has 0 amide bonds. The fraction of sp³-hybridized carbons (Fsp3) is 0.167. The van der Waals surface area contributed by atoms with Gasteiger partial charge in [0.1, 0.15) is 33.8 Å². The Kier molecular flexibility index (Phi) is 9.14. The molecule has 3 aromatic heterocycles. The smallest absolute Gasteiger partial charge is 0.257 e. The van der Waals surface area contributed by atoms with E-state index < -0.39 is 0 Å². The van der Waals surface area contributed by atoms with Crippen LogP contribution in [0.3, 0.4) is 0 Å². The van der Waals surface area contributed by atoms with Gasteiger partial charge in [0.15, 0.2) is 0 Å². The zero-order valence-corrected chi connectivity index (χ0v) is 31.8. The van der Waals surface area contributed by atoms with Crippen LogP contribution in [0.15, 0.2) is 143 Å². The van der Waals surface area contributed by atoms with E-state index in [2.05, 4.69) is 43.4 Å². The summed E-state index contributed by atoms with van der Waals surface area (Å²) in [6, 6.07) is 42.9. The summed E-state index contributed by atoms with van der Waals surface area (Å²) in [5.74, 6) is 1.59. The highest BCUT2D eigenvalue weighted by molar-refractivity contribution is 6.03. The van der Waals surface area contributed by atoms with Crippen molar-refractivity contribution in [2.45, 2.75) is 38.8 Å². The number of aromatic nitrogens is 6. The average molecular weight is 765 g/mol. The van der Waals surface area contributed by atoms with Gasteiger partial charge in [0.25, 0.3) is 11.1 Å². The molecular formula is C48H40N6O4. The van der Waals surface area contributed by atoms with Crippen molar-refractivity contribution in [2.75, 3.05) is 13.2 Å². The Bertz CT molecular complexity index is 3050. The summed E-state index contributed by atoms with van der Waals surface area (Å²) in [5, 5.41) is 2.27. The highest BCUT2D eigenvalue weighted by Crippen LogP contribution is 2.29. The Morgan fingerprint density at radius 3 is 1.38 bits per heavy atom. The van der Waals surface area contributed by atoms with Gasteiger partial charge < -0.3 is 28.6 Å². The van der Waals surface area contributed by atoms with Crippen LogP contribution in [0.25, 0.3) is 65.9 Å². The van der Waals surface area contributed by atoms with Gasteiger partial charge in [-0.1, -0.05) is 60.7 Å². The molecule has 2 N–H and O–H groups in total. The van der Waals surface area contributed by atoms with Crippen LogP contribution in [-0.4, -0.2) is 42.3 Å². The van der Waals surface area contributed by atoms with E-state index in [0.29, 0.717) is 81.2 Å². The summed E-state index contributed by atoms with van der Waals surface area (Å²) in [6.07, 6.45) is 3.96. The van der Waals surface area contributed by atoms with Crippen LogP contribution in [0.4, 0.5) is 0 Å². The number of aromatic amines is 2. The lowest BCUT2D eigenvalue weighted by molar-refractivity contribution is 0.287. The normalized spacial score (nSPS) is 13.7. The van der Waals surface area contributed by atoms with Crippen LogP contribution in [0.1, 0.15) is 36.8 Å². The third kappa shape index (κ3) is 6.62. The van der Waals surface area contributed by atoms with Gasteiger partial charge in [0, 0.05) is 23.9 Å². The Hall–Kier alpha value is -7.20. The van der Waals surface area contributed by atoms with E-state index in [1.165, 1.54) is 0 Å². The van der Waals surface area contributed by atoms with E-state index in [0.717, 1.165) is 59.3 Å². The molecule has 2 aliphatic heterocycles. The van der Waals surface area contributed by atoms with Crippen molar-refractivity contribution >= 4 is 65.9 Å². The Labute approximate surface area is 332 Å². The molecule has 0 spiro atoms. The van der Waals surface area contributed by atoms with E-state index in [9.17, 15) is 9.59 Å². The van der Waals surface area contributed by atoms with Crippen LogP contribution in [-0.2, 0) is 13.1 Å². The molecule has 11 rings (SSSR count). The van der Waals surface area contributed by atoms with Crippen molar-refractivity contribution in [3.63, 3.8) is 0 Å². The number of fused-ring (bicyclic) bond motifs is 9. The van der Waals surface area contributed by atoms with Crippen LogP contribution < -0.4 is 20.6 Å². The lowest BCUT2D eigenvalue weighted by Gasteiger charge is -2.11. The van der Waals surface area contributed by atoms with Crippen LogP contribution >= 0.6 is 0 Å². The number of rotatable bonds is 0. The number of nitrogens with zero attached hydrogens (tertiary/aromatic N) is 4. The van der Waals surface area contributed by atoms with Gasteiger partial charge in [0.05, 0.1) is 46.1 Å². The fourth-order valence-electron chi connectivity index (χ4n) is 8.12. The van der Waals surface area contributed by atoms with Gasteiger partial charge in [-0.2, -0.15) is 0 Å². The molecule has 0 unspecified atom stereocenters. The number of nitrogens with one attached hydrogen (secondary N) is 2. The van der Waals surface area contributed by atoms with Gasteiger partial charge in [0.2, 0.25) is 0 Å². The summed E-state index contributed by atoms with van der Waals surface area (Å²) in [5.41, 5.74) is 6.47. The number of benzene rings is 6. The van der Waals surface area contributed by atoms with Gasteiger partial charge in [-0.15, -0.1) is 0 Å². The Balaban J connectivity index is 1.35. The van der Waals surface area contributed by atoms with E-state index in [4.69, 9.17) is 19.4 Å². The third-order valence-corrected chi connectivity index (χ3v) is 10.9. The molecule has 10 nitrogen and oxygen atoms in total. The van der Waals surface area contributed by atoms with Gasteiger partial charge >= 0.3 is 0 Å². The predicted octanol–water partition coefficient (Wildman–Crippen LogP) is 9.49. The summed E-state index contributed by atoms with van der Waals surface area (Å²) in [7, 11) is 0. The SMILES string of the molecule is O=c1[nH]c2ccccc2c2nc3c4cccc3n2Cc2cccc(c2)OCCCCCCOc2cccc(c2)Cn2c3cccc1c3nc2c1ccccc1[nH]c4=O. The molecular weight excluding hydrogens is 725 g/mol. The van der Waals surface area contributed by atoms with E-state index >= 15 is 0 Å². The van der Waals surface area contributed by atoms with E-state index in [1.54, 1.807) is 12.1 Å². The maximum Gasteiger partial charge on any atom is 0.257 e. The number of para-hydroxylation sites is 4. The minimum Gasteiger partial charge on any atom is -0.494 e. The molecule has 0 saturated carbocycles. The molecule has 0 aliphatic carbocycles. The monoisotopic (exact) mass is 764 g/mol. The van der Waals surface area contributed by atoms with Crippen LogP contribution in [0.2, 0.25) is 0 Å². The van der Waals surface area contributed by atoms with E-state index in [1.807, 2.05) is 97.1 Å². The second kappa shape index (κ2) is 15.0. The average Bonchev–Trinajstić information content (AvgIpc) is 3.79. The quantitative estimate of drug-likeness (QED) is 0.159. The van der Waals surface area contributed by atoms with Gasteiger partial charge in [-0.3, -0.25) is 9.59 Å². The lowest BCUT2D eigenvalue weighted by atomic mass is 10.2. The zero-order valence-electron chi connectivity index (χ0n) is 31.8. The van der Waals surface area contributed by atoms with Crippen molar-refractivity contribution in [1.29, 1.82) is 0 Å². The molecule has 5 heterocycles. The first-order valence-corrected chi connectivity index (χ1v) is 19.8. The highest BCUT2D eigenvalue weighted by atomic mass is 16.5. The molecule has 10 heteroatoms. The molecule has 9 aromatic rings. The maximum absolute atomic E-state index is 14.5. The molecule has 0 fully saturated rings. The van der Waals surface area contributed by atoms with Crippen molar-refractivity contribution < 1.29 is 9.47 Å². The number of ether oxygens (including phenoxy) is 2. The number of hydrogen-bond donors (Lipinski definition) is 2. The number of H-pyrrole nitrogens is 2. The van der Waals surface area contributed by atoms with Crippen molar-refractivity contribution in [1.82, 2.24) is 29.1 Å². The number of hydrogen-bond acceptors (Lipinski definition) is 6. The fourth-order valence-corrected chi connectivity index (χ4v) is 8.12. The van der Waals surface area contributed by atoms with Crippen LogP contribution in [0.5, 0.6) is 11.5 Å². The van der Waals surface area contributed by atoms with Crippen molar-refractivity contribution in [3.8, 4) is 11.5 Å². The minimum absolute atomic E-state index is 0.298. The van der Waals surface area contributed by atoms with Crippen molar-refractivity contribution in [3.05, 3.63) is 165 Å². The lowest BCUT2D eigenvalue weighted by Crippen LogP contribution is -2.05. The zero-order chi connectivity index (χ0) is 39.0. The molecule has 14 bridgehead atoms. The predicted molar refractivity (Wildman–Crippen MR) is 231 cm³/mol. The van der Waals surface area contributed by atoms with Gasteiger partial charge in [-0.05, 0) is 110 Å². The first-order valence-electron chi connectivity index (χ1n) is 19.8. The summed E-state index contributed by atoms with van der Waals surface area (Å²) in [4.78, 5) is 46.0. The molecule has 0 saturated heterocycles. The number of imidazole rings is 2. The molecule has 286 valence electrons. The topological polar surface area (TPSA) is 120 Å².